The Hall–Kier alpha value is -2.98. The first-order valence-electron chi connectivity index (χ1n) is 11.8. The van der Waals surface area contributed by atoms with E-state index in [0.717, 1.165) is 60.0 Å². The van der Waals surface area contributed by atoms with Gasteiger partial charge in [0.05, 0.1) is 0 Å². The molecule has 2 aromatic heterocycles. The summed E-state index contributed by atoms with van der Waals surface area (Å²) >= 11 is 0. The molecule has 0 N–H and O–H groups in total. The van der Waals surface area contributed by atoms with Crippen LogP contribution in [-0.2, 0) is 12.8 Å². The van der Waals surface area contributed by atoms with Crippen LogP contribution >= 0.6 is 0 Å². The third-order valence-electron chi connectivity index (χ3n) is 7.02. The Morgan fingerprint density at radius 1 is 0.875 bits per heavy atom. The highest BCUT2D eigenvalue weighted by Gasteiger charge is 2.17. The Labute approximate surface area is 191 Å². The molecule has 0 amide bonds. The smallest absolute Gasteiger partial charge is 0.129 e. The summed E-state index contributed by atoms with van der Waals surface area (Å²) in [5.74, 6) is 1.05. The summed E-state index contributed by atoms with van der Waals surface area (Å²) in [6.07, 6.45) is 8.87. The van der Waals surface area contributed by atoms with Gasteiger partial charge in [-0.2, -0.15) is 0 Å². The number of piperazine rings is 1. The maximum absolute atomic E-state index is 4.74. The summed E-state index contributed by atoms with van der Waals surface area (Å²) in [4.78, 5) is 14.1. The van der Waals surface area contributed by atoms with E-state index >= 15 is 0 Å². The van der Waals surface area contributed by atoms with Gasteiger partial charge in [-0.05, 0) is 85.7 Å². The molecule has 0 saturated carbocycles. The molecule has 3 heterocycles. The molecule has 3 aromatic rings. The van der Waals surface area contributed by atoms with Crippen molar-refractivity contribution in [1.29, 1.82) is 0 Å². The normalized spacial score (nSPS) is 16.6. The van der Waals surface area contributed by atoms with Crippen molar-refractivity contribution >= 4 is 11.4 Å². The van der Waals surface area contributed by atoms with E-state index in [4.69, 9.17) is 4.98 Å². The predicted molar refractivity (Wildman–Crippen MR) is 133 cm³/mol. The molecule has 0 bridgehead atoms. The van der Waals surface area contributed by atoms with Gasteiger partial charge >= 0.3 is 0 Å². The first kappa shape index (κ1) is 20.9. The second-order valence-corrected chi connectivity index (χ2v) is 9.22. The Morgan fingerprint density at radius 3 is 2.47 bits per heavy atom. The molecule has 32 heavy (non-hydrogen) atoms. The van der Waals surface area contributed by atoms with Crippen molar-refractivity contribution in [3.63, 3.8) is 0 Å². The van der Waals surface area contributed by atoms with E-state index in [9.17, 15) is 0 Å². The molecule has 5 rings (SSSR count). The molecule has 0 radical (unpaired) electrons. The second kappa shape index (κ2) is 8.87. The van der Waals surface area contributed by atoms with Crippen molar-refractivity contribution in [2.24, 2.45) is 0 Å². The SMILES string of the molecule is C=C(c1ccc2c(c1)CCCC2)c1cc(-c2ccnc(N3CCN(C)CC3)c2)cnc1C. The van der Waals surface area contributed by atoms with Crippen molar-refractivity contribution in [2.45, 2.75) is 32.6 Å². The molecule has 1 aliphatic carbocycles. The number of hydrogen-bond acceptors (Lipinski definition) is 4. The first-order valence-corrected chi connectivity index (χ1v) is 11.8. The van der Waals surface area contributed by atoms with Crippen molar-refractivity contribution < 1.29 is 0 Å². The van der Waals surface area contributed by atoms with Crippen LogP contribution in [0.2, 0.25) is 0 Å². The van der Waals surface area contributed by atoms with E-state index in [0.29, 0.717) is 0 Å². The molecule has 1 saturated heterocycles. The summed E-state index contributed by atoms with van der Waals surface area (Å²) in [5, 5.41) is 0. The minimum atomic E-state index is 1.01. The minimum absolute atomic E-state index is 1.01. The van der Waals surface area contributed by atoms with Crippen LogP contribution in [0.15, 0.2) is 55.4 Å². The van der Waals surface area contributed by atoms with Crippen LogP contribution in [0.4, 0.5) is 5.82 Å². The molecule has 1 aliphatic heterocycles. The van der Waals surface area contributed by atoms with Crippen LogP contribution in [-0.4, -0.2) is 48.1 Å². The van der Waals surface area contributed by atoms with Crippen LogP contribution in [0.1, 0.15) is 40.8 Å². The molecule has 0 atom stereocenters. The van der Waals surface area contributed by atoms with Gasteiger partial charge in [-0.25, -0.2) is 4.98 Å². The highest BCUT2D eigenvalue weighted by molar-refractivity contribution is 5.82. The van der Waals surface area contributed by atoms with E-state index in [-0.39, 0.29) is 0 Å². The zero-order valence-electron chi connectivity index (χ0n) is 19.3. The number of aromatic nitrogens is 2. The lowest BCUT2D eigenvalue weighted by atomic mass is 9.87. The predicted octanol–water partition coefficient (Wildman–Crippen LogP) is 5.14. The van der Waals surface area contributed by atoms with Crippen molar-refractivity contribution in [3.05, 3.63) is 83.3 Å². The van der Waals surface area contributed by atoms with Crippen molar-refractivity contribution in [3.8, 4) is 11.1 Å². The summed E-state index contributed by atoms with van der Waals surface area (Å²) in [5.41, 5.74) is 9.66. The van der Waals surface area contributed by atoms with Crippen LogP contribution in [0.25, 0.3) is 16.7 Å². The number of aryl methyl sites for hydroxylation is 3. The number of likely N-dealkylation sites (N-methyl/N-ethyl adjacent to an activating group) is 1. The number of rotatable bonds is 4. The lowest BCUT2D eigenvalue weighted by Crippen LogP contribution is -2.44. The summed E-state index contributed by atoms with van der Waals surface area (Å²) in [6.45, 7) is 10.7. The average molecular weight is 425 g/mol. The van der Waals surface area contributed by atoms with Crippen LogP contribution in [0.5, 0.6) is 0 Å². The van der Waals surface area contributed by atoms with Gasteiger partial charge in [-0.15, -0.1) is 0 Å². The van der Waals surface area contributed by atoms with Gasteiger partial charge in [-0.1, -0.05) is 24.8 Å². The lowest BCUT2D eigenvalue weighted by Gasteiger charge is -2.33. The second-order valence-electron chi connectivity index (χ2n) is 9.22. The third-order valence-corrected chi connectivity index (χ3v) is 7.02. The largest absolute Gasteiger partial charge is 0.354 e. The molecule has 4 heteroatoms. The zero-order chi connectivity index (χ0) is 22.1. The van der Waals surface area contributed by atoms with Crippen molar-refractivity contribution in [2.75, 3.05) is 38.1 Å². The first-order chi connectivity index (χ1) is 15.6. The summed E-state index contributed by atoms with van der Waals surface area (Å²) in [7, 11) is 2.18. The van der Waals surface area contributed by atoms with E-state index in [1.807, 2.05) is 12.4 Å². The number of hydrogen-bond donors (Lipinski definition) is 0. The number of pyridine rings is 2. The van der Waals surface area contributed by atoms with Crippen LogP contribution < -0.4 is 4.90 Å². The molecule has 1 aromatic carbocycles. The maximum Gasteiger partial charge on any atom is 0.129 e. The van der Waals surface area contributed by atoms with Crippen LogP contribution in [0, 0.1) is 6.92 Å². The Kier molecular flexibility index (Phi) is 5.79. The van der Waals surface area contributed by atoms with Crippen molar-refractivity contribution in [1.82, 2.24) is 14.9 Å². The van der Waals surface area contributed by atoms with Crippen LogP contribution in [0.3, 0.4) is 0 Å². The standard InChI is InChI=1S/C28H32N4/c1-20(23-9-8-22-6-4-5-7-24(22)16-23)27-17-26(19-30-21(27)2)25-10-11-29-28(18-25)32-14-12-31(3)13-15-32/h8-11,16-19H,1,4-7,12-15H2,2-3H3. The highest BCUT2D eigenvalue weighted by atomic mass is 15.3. The highest BCUT2D eigenvalue weighted by Crippen LogP contribution is 2.31. The molecule has 0 unspecified atom stereocenters. The monoisotopic (exact) mass is 424 g/mol. The van der Waals surface area contributed by atoms with Gasteiger partial charge < -0.3 is 9.80 Å². The minimum Gasteiger partial charge on any atom is -0.354 e. The van der Waals surface area contributed by atoms with Gasteiger partial charge in [-0.3, -0.25) is 4.98 Å². The summed E-state index contributed by atoms with van der Waals surface area (Å²) in [6, 6.07) is 13.4. The van der Waals surface area contributed by atoms with Gasteiger partial charge in [0.25, 0.3) is 0 Å². The third kappa shape index (κ3) is 4.20. The average Bonchev–Trinajstić information content (AvgIpc) is 2.84. The fourth-order valence-electron chi connectivity index (χ4n) is 4.88. The Balaban J connectivity index is 1.44. The van der Waals surface area contributed by atoms with Gasteiger partial charge in [0.1, 0.15) is 5.82 Å². The van der Waals surface area contributed by atoms with Gasteiger partial charge in [0.15, 0.2) is 0 Å². The van der Waals surface area contributed by atoms with E-state index < -0.39 is 0 Å². The molecule has 4 nitrogen and oxygen atoms in total. The van der Waals surface area contributed by atoms with Gasteiger partial charge in [0, 0.05) is 55.4 Å². The summed E-state index contributed by atoms with van der Waals surface area (Å²) < 4.78 is 0. The lowest BCUT2D eigenvalue weighted by molar-refractivity contribution is 0.312. The van der Waals surface area contributed by atoms with E-state index in [1.165, 1.54) is 42.4 Å². The van der Waals surface area contributed by atoms with E-state index in [2.05, 4.69) is 71.7 Å². The fourth-order valence-corrected chi connectivity index (χ4v) is 4.88. The molecule has 0 spiro atoms. The van der Waals surface area contributed by atoms with Gasteiger partial charge in [0.2, 0.25) is 0 Å². The number of benzene rings is 1. The zero-order valence-corrected chi connectivity index (χ0v) is 19.3. The molecular formula is C28H32N4. The molecule has 2 aliphatic rings. The topological polar surface area (TPSA) is 32.3 Å². The fraction of sp³-hybridized carbons (Fsp3) is 0.357. The molecular weight excluding hydrogens is 392 g/mol. The quantitative estimate of drug-likeness (QED) is 0.580. The van der Waals surface area contributed by atoms with E-state index in [1.54, 1.807) is 0 Å². The number of anilines is 1. The Morgan fingerprint density at radius 2 is 1.66 bits per heavy atom. The number of nitrogens with zero attached hydrogens (tertiary/aromatic N) is 4. The maximum atomic E-state index is 4.74. The Bertz CT molecular complexity index is 1140. The molecule has 1 fully saturated rings. The molecule has 164 valence electrons. The number of fused-ring (bicyclic) bond motifs is 1.